The molecule has 2 rings (SSSR count). The third-order valence-electron chi connectivity index (χ3n) is 3.55. The Bertz CT molecular complexity index is 572. The molecule has 1 aliphatic heterocycles. The maximum atomic E-state index is 12.4. The van der Waals surface area contributed by atoms with E-state index < -0.39 is 22.8 Å². The van der Waals surface area contributed by atoms with Crippen molar-refractivity contribution in [3.8, 4) is 0 Å². The predicted octanol–water partition coefficient (Wildman–Crippen LogP) is 1.53. The molecule has 0 aliphatic carbocycles. The quantitative estimate of drug-likeness (QED) is 0.667. The number of carbonyl (C=O) groups is 2. The van der Waals surface area contributed by atoms with Crippen molar-refractivity contribution in [2.75, 3.05) is 6.54 Å². The number of rotatable bonds is 3. The van der Waals surface area contributed by atoms with E-state index in [2.05, 4.69) is 0 Å². The van der Waals surface area contributed by atoms with Crippen molar-refractivity contribution in [3.63, 3.8) is 0 Å². The molecule has 1 fully saturated rings. The van der Waals surface area contributed by atoms with E-state index in [0.717, 1.165) is 0 Å². The fourth-order valence-corrected chi connectivity index (χ4v) is 2.52. The summed E-state index contributed by atoms with van der Waals surface area (Å²) < 4.78 is 0. The van der Waals surface area contributed by atoms with Crippen molar-refractivity contribution in [3.05, 3.63) is 39.9 Å². The summed E-state index contributed by atoms with van der Waals surface area (Å²) in [4.78, 5) is 35.1. The Hall–Kier alpha value is -2.44. The third kappa shape index (κ3) is 2.34. The van der Waals surface area contributed by atoms with Gasteiger partial charge in [0.05, 0.1) is 4.92 Å². The molecule has 1 aromatic rings. The first kappa shape index (κ1) is 14.0. The van der Waals surface area contributed by atoms with E-state index in [1.807, 2.05) is 0 Å². The van der Waals surface area contributed by atoms with Gasteiger partial charge in [-0.25, -0.2) is 4.79 Å². The summed E-state index contributed by atoms with van der Waals surface area (Å²) in [5.41, 5.74) is -0.376. The van der Waals surface area contributed by atoms with E-state index in [-0.39, 0.29) is 17.2 Å². The number of carboxylic acid groups (broad SMARTS) is 1. The number of carboxylic acids is 1. The second-order valence-electron chi connectivity index (χ2n) is 4.82. The zero-order valence-electron chi connectivity index (χ0n) is 10.9. The maximum absolute atomic E-state index is 12.4. The molecule has 0 spiro atoms. The molecule has 2 unspecified atom stereocenters. The number of carbonyl (C=O) groups excluding carboxylic acids is 1. The second kappa shape index (κ2) is 5.28. The fraction of sp³-hybridized carbons (Fsp3) is 0.385. The number of hydrogen-bond donors (Lipinski definition) is 1. The first-order valence-corrected chi connectivity index (χ1v) is 6.20. The number of nitro groups is 1. The first-order chi connectivity index (χ1) is 9.43. The lowest BCUT2D eigenvalue weighted by Crippen LogP contribution is -2.42. The van der Waals surface area contributed by atoms with Crippen LogP contribution < -0.4 is 0 Å². The SMILES string of the molecule is CC1CCN(C(=O)c2ccccc2[N+](=O)[O-])C1C(=O)O. The molecule has 0 aromatic heterocycles. The molecule has 2 atom stereocenters. The zero-order valence-corrected chi connectivity index (χ0v) is 10.9. The van der Waals surface area contributed by atoms with Crippen molar-refractivity contribution < 1.29 is 19.6 Å². The van der Waals surface area contributed by atoms with Gasteiger partial charge in [0.25, 0.3) is 11.6 Å². The summed E-state index contributed by atoms with van der Waals surface area (Å²) >= 11 is 0. The predicted molar refractivity (Wildman–Crippen MR) is 69.3 cm³/mol. The average Bonchev–Trinajstić information content (AvgIpc) is 2.79. The number of para-hydroxylation sites is 1. The molecular formula is C13H14N2O5. The first-order valence-electron chi connectivity index (χ1n) is 6.20. The summed E-state index contributed by atoms with van der Waals surface area (Å²) in [6, 6.07) is 4.65. The van der Waals surface area contributed by atoms with Crippen molar-refractivity contribution >= 4 is 17.6 Å². The Morgan fingerprint density at radius 2 is 2.05 bits per heavy atom. The minimum atomic E-state index is -1.08. The molecule has 0 bridgehead atoms. The summed E-state index contributed by atoms with van der Waals surface area (Å²) in [5.74, 6) is -1.85. The Morgan fingerprint density at radius 3 is 2.65 bits per heavy atom. The molecule has 1 amide bonds. The second-order valence-corrected chi connectivity index (χ2v) is 4.82. The van der Waals surface area contributed by atoms with Gasteiger partial charge >= 0.3 is 5.97 Å². The summed E-state index contributed by atoms with van der Waals surface area (Å²) in [6.07, 6.45) is 0.573. The third-order valence-corrected chi connectivity index (χ3v) is 3.55. The normalized spacial score (nSPS) is 21.8. The number of amides is 1. The van der Waals surface area contributed by atoms with Gasteiger partial charge in [-0.15, -0.1) is 0 Å². The Kier molecular flexibility index (Phi) is 3.69. The van der Waals surface area contributed by atoms with Gasteiger partial charge in [0.1, 0.15) is 11.6 Å². The minimum absolute atomic E-state index is 0.0714. The highest BCUT2D eigenvalue weighted by Gasteiger charge is 2.41. The Balaban J connectivity index is 2.37. The number of aliphatic carboxylic acids is 1. The van der Waals surface area contributed by atoms with Gasteiger partial charge in [-0.05, 0) is 18.4 Å². The molecule has 1 saturated heterocycles. The number of likely N-dealkylation sites (tertiary alicyclic amines) is 1. The minimum Gasteiger partial charge on any atom is -0.480 e. The van der Waals surface area contributed by atoms with Crippen LogP contribution in [0.2, 0.25) is 0 Å². The van der Waals surface area contributed by atoms with Crippen LogP contribution in [0.4, 0.5) is 5.69 Å². The van der Waals surface area contributed by atoms with Crippen LogP contribution in [0.25, 0.3) is 0 Å². The smallest absolute Gasteiger partial charge is 0.326 e. The van der Waals surface area contributed by atoms with E-state index >= 15 is 0 Å². The molecule has 1 N–H and O–H groups in total. The zero-order chi connectivity index (χ0) is 14.9. The summed E-state index contributed by atoms with van der Waals surface area (Å²) in [6.45, 7) is 2.05. The van der Waals surface area contributed by atoms with E-state index in [1.54, 1.807) is 6.92 Å². The Labute approximate surface area is 115 Å². The van der Waals surface area contributed by atoms with Gasteiger partial charge in [-0.2, -0.15) is 0 Å². The van der Waals surface area contributed by atoms with Gasteiger partial charge in [-0.3, -0.25) is 14.9 Å². The van der Waals surface area contributed by atoms with Crippen LogP contribution in [0, 0.1) is 16.0 Å². The van der Waals surface area contributed by atoms with Gasteiger partial charge in [0.2, 0.25) is 0 Å². The molecule has 106 valence electrons. The van der Waals surface area contributed by atoms with Gasteiger partial charge in [-0.1, -0.05) is 19.1 Å². The van der Waals surface area contributed by atoms with Crippen LogP contribution in [0.1, 0.15) is 23.7 Å². The molecule has 0 radical (unpaired) electrons. The van der Waals surface area contributed by atoms with E-state index in [9.17, 15) is 24.8 Å². The van der Waals surface area contributed by atoms with E-state index in [1.165, 1.54) is 29.2 Å². The largest absolute Gasteiger partial charge is 0.480 e. The average molecular weight is 278 g/mol. The molecular weight excluding hydrogens is 264 g/mol. The highest BCUT2D eigenvalue weighted by Crippen LogP contribution is 2.28. The van der Waals surface area contributed by atoms with Crippen molar-refractivity contribution in [1.29, 1.82) is 0 Å². The lowest BCUT2D eigenvalue weighted by molar-refractivity contribution is -0.385. The van der Waals surface area contributed by atoms with Crippen LogP contribution in [-0.4, -0.2) is 39.4 Å². The monoisotopic (exact) mass is 278 g/mol. The van der Waals surface area contributed by atoms with Gasteiger partial charge in [0, 0.05) is 12.6 Å². The Morgan fingerprint density at radius 1 is 1.40 bits per heavy atom. The summed E-state index contributed by atoms with van der Waals surface area (Å²) in [7, 11) is 0. The molecule has 1 heterocycles. The van der Waals surface area contributed by atoms with Crippen molar-refractivity contribution in [1.82, 2.24) is 4.90 Å². The number of hydrogen-bond acceptors (Lipinski definition) is 4. The lowest BCUT2D eigenvalue weighted by atomic mass is 10.0. The van der Waals surface area contributed by atoms with E-state index in [0.29, 0.717) is 13.0 Å². The van der Waals surface area contributed by atoms with Crippen LogP contribution in [0.15, 0.2) is 24.3 Å². The van der Waals surface area contributed by atoms with Crippen LogP contribution >= 0.6 is 0 Å². The highest BCUT2D eigenvalue weighted by atomic mass is 16.6. The molecule has 7 heteroatoms. The number of benzene rings is 1. The van der Waals surface area contributed by atoms with Crippen molar-refractivity contribution in [2.24, 2.45) is 5.92 Å². The standard InChI is InChI=1S/C13H14N2O5/c1-8-6-7-14(11(8)13(17)18)12(16)9-4-2-3-5-10(9)15(19)20/h2-5,8,11H,6-7H2,1H3,(H,17,18). The number of nitrogens with zero attached hydrogens (tertiary/aromatic N) is 2. The molecule has 7 nitrogen and oxygen atoms in total. The van der Waals surface area contributed by atoms with Crippen LogP contribution in [-0.2, 0) is 4.79 Å². The topological polar surface area (TPSA) is 101 Å². The molecule has 0 saturated carbocycles. The van der Waals surface area contributed by atoms with Crippen LogP contribution in [0.5, 0.6) is 0 Å². The van der Waals surface area contributed by atoms with E-state index in [4.69, 9.17) is 0 Å². The van der Waals surface area contributed by atoms with Gasteiger partial charge in [0.15, 0.2) is 0 Å². The maximum Gasteiger partial charge on any atom is 0.326 e. The fourth-order valence-electron chi connectivity index (χ4n) is 2.52. The van der Waals surface area contributed by atoms with Crippen LogP contribution in [0.3, 0.4) is 0 Å². The highest BCUT2D eigenvalue weighted by molar-refractivity contribution is 6.00. The van der Waals surface area contributed by atoms with Gasteiger partial charge < -0.3 is 10.0 Å². The molecule has 20 heavy (non-hydrogen) atoms. The number of nitro benzene ring substituents is 1. The summed E-state index contributed by atoms with van der Waals surface area (Å²) in [5, 5.41) is 20.1. The molecule has 1 aliphatic rings. The van der Waals surface area contributed by atoms with Crippen molar-refractivity contribution in [2.45, 2.75) is 19.4 Å². The lowest BCUT2D eigenvalue weighted by Gasteiger charge is -2.23. The molecule has 1 aromatic carbocycles.